The lowest BCUT2D eigenvalue weighted by Gasteiger charge is -2.13. The largest absolute Gasteiger partial charge is 0.463 e. The molecule has 1 amide bonds. The highest BCUT2D eigenvalue weighted by Crippen LogP contribution is 2.09. The van der Waals surface area contributed by atoms with Crippen molar-refractivity contribution in [3.63, 3.8) is 0 Å². The number of rotatable bonds is 6. The van der Waals surface area contributed by atoms with Gasteiger partial charge in [-0.25, -0.2) is 4.98 Å². The quantitative estimate of drug-likeness (QED) is 0.679. The second kappa shape index (κ2) is 6.67. The number of nitrogens with zero attached hydrogens (tertiary/aromatic N) is 2. The standard InChI is InChI=1S/C17H18N4O3/c1-11(14-7-4-8-24-14)19-9-16-20-13-6-3-2-5-12(13)17(23)21(16)10-15(18)22/h2-8,11,19H,9-10H2,1H3,(H2,18,22)/p+1/t11-/m0/s1. The van der Waals surface area contributed by atoms with Crippen molar-refractivity contribution in [3.05, 3.63) is 64.6 Å². The Morgan fingerprint density at radius 3 is 2.83 bits per heavy atom. The molecule has 0 fully saturated rings. The fourth-order valence-corrected chi connectivity index (χ4v) is 2.64. The van der Waals surface area contributed by atoms with Gasteiger partial charge < -0.3 is 15.5 Å². The minimum atomic E-state index is -0.575. The van der Waals surface area contributed by atoms with Crippen molar-refractivity contribution in [1.82, 2.24) is 9.55 Å². The van der Waals surface area contributed by atoms with Crippen LogP contribution in [0.2, 0.25) is 0 Å². The van der Waals surface area contributed by atoms with E-state index >= 15 is 0 Å². The zero-order valence-corrected chi connectivity index (χ0v) is 13.3. The molecule has 124 valence electrons. The second-order valence-electron chi connectivity index (χ2n) is 5.65. The molecule has 0 bridgehead atoms. The summed E-state index contributed by atoms with van der Waals surface area (Å²) in [6.07, 6.45) is 1.62. The number of nitrogens with two attached hydrogens (primary N) is 2. The second-order valence-corrected chi connectivity index (χ2v) is 5.65. The maximum Gasteiger partial charge on any atom is 0.262 e. The van der Waals surface area contributed by atoms with Crippen molar-refractivity contribution in [3.8, 4) is 0 Å². The van der Waals surface area contributed by atoms with E-state index in [9.17, 15) is 9.59 Å². The molecule has 0 saturated carbocycles. The first-order chi connectivity index (χ1) is 11.6. The molecular weight excluding hydrogens is 308 g/mol. The molecule has 0 spiro atoms. The maximum atomic E-state index is 12.6. The number of fused-ring (bicyclic) bond motifs is 1. The van der Waals surface area contributed by atoms with Crippen molar-refractivity contribution >= 4 is 16.8 Å². The zero-order chi connectivity index (χ0) is 17.1. The van der Waals surface area contributed by atoms with E-state index in [-0.39, 0.29) is 18.1 Å². The normalized spacial score (nSPS) is 12.4. The summed E-state index contributed by atoms with van der Waals surface area (Å²) in [4.78, 5) is 28.5. The Morgan fingerprint density at radius 1 is 1.33 bits per heavy atom. The first-order valence-corrected chi connectivity index (χ1v) is 7.69. The van der Waals surface area contributed by atoms with E-state index in [0.29, 0.717) is 23.3 Å². The molecule has 3 aromatic rings. The number of hydrogen-bond acceptors (Lipinski definition) is 4. The average molecular weight is 327 g/mol. The minimum Gasteiger partial charge on any atom is -0.463 e. The topological polar surface area (TPSA) is 108 Å². The molecule has 0 aliphatic carbocycles. The Morgan fingerprint density at radius 2 is 2.12 bits per heavy atom. The molecule has 4 N–H and O–H groups in total. The molecule has 7 nitrogen and oxygen atoms in total. The van der Waals surface area contributed by atoms with Crippen LogP contribution in [0.4, 0.5) is 0 Å². The molecule has 7 heteroatoms. The van der Waals surface area contributed by atoms with Gasteiger partial charge in [0.1, 0.15) is 19.1 Å². The van der Waals surface area contributed by atoms with E-state index < -0.39 is 5.91 Å². The van der Waals surface area contributed by atoms with Gasteiger partial charge in [-0.1, -0.05) is 12.1 Å². The van der Waals surface area contributed by atoms with E-state index in [2.05, 4.69) is 4.98 Å². The molecule has 3 rings (SSSR count). The number of para-hydroxylation sites is 1. The lowest BCUT2D eigenvalue weighted by atomic mass is 10.2. The van der Waals surface area contributed by atoms with Gasteiger partial charge in [0.15, 0.2) is 11.6 Å². The van der Waals surface area contributed by atoms with Crippen LogP contribution in [0.25, 0.3) is 10.9 Å². The average Bonchev–Trinajstić information content (AvgIpc) is 3.10. The number of hydrogen-bond donors (Lipinski definition) is 2. The van der Waals surface area contributed by atoms with E-state index in [1.54, 1.807) is 24.5 Å². The van der Waals surface area contributed by atoms with Crippen LogP contribution in [0.15, 0.2) is 51.9 Å². The van der Waals surface area contributed by atoms with E-state index in [4.69, 9.17) is 10.2 Å². The molecule has 0 aliphatic heterocycles. The van der Waals surface area contributed by atoms with Gasteiger partial charge in [-0.3, -0.25) is 14.2 Å². The summed E-state index contributed by atoms with van der Waals surface area (Å²) in [5.41, 5.74) is 5.64. The summed E-state index contributed by atoms with van der Waals surface area (Å²) in [7, 11) is 0. The molecule has 1 atom stereocenters. The predicted molar refractivity (Wildman–Crippen MR) is 87.9 cm³/mol. The number of primary amides is 1. The van der Waals surface area contributed by atoms with Gasteiger partial charge in [0, 0.05) is 0 Å². The van der Waals surface area contributed by atoms with Crippen LogP contribution in [0.5, 0.6) is 0 Å². The minimum absolute atomic E-state index is 0.0606. The molecule has 0 unspecified atom stereocenters. The van der Waals surface area contributed by atoms with Crippen LogP contribution >= 0.6 is 0 Å². The van der Waals surface area contributed by atoms with Crippen LogP contribution in [-0.4, -0.2) is 15.5 Å². The highest BCUT2D eigenvalue weighted by Gasteiger charge is 2.17. The number of furan rings is 1. The Hall–Kier alpha value is -2.93. The summed E-state index contributed by atoms with van der Waals surface area (Å²) < 4.78 is 6.72. The van der Waals surface area contributed by atoms with Crippen LogP contribution in [0, 0.1) is 0 Å². The van der Waals surface area contributed by atoms with E-state index in [1.807, 2.05) is 30.4 Å². The third-order valence-electron chi connectivity index (χ3n) is 3.90. The number of aromatic nitrogens is 2. The number of amides is 1. The highest BCUT2D eigenvalue weighted by atomic mass is 16.3. The van der Waals surface area contributed by atoms with Crippen LogP contribution in [0.3, 0.4) is 0 Å². The van der Waals surface area contributed by atoms with Gasteiger partial charge in [-0.2, -0.15) is 0 Å². The van der Waals surface area contributed by atoms with Gasteiger partial charge in [-0.05, 0) is 31.2 Å². The third-order valence-corrected chi connectivity index (χ3v) is 3.90. The highest BCUT2D eigenvalue weighted by molar-refractivity contribution is 5.78. The molecule has 0 aliphatic rings. The maximum absolute atomic E-state index is 12.6. The van der Waals surface area contributed by atoms with Crippen molar-refractivity contribution in [2.45, 2.75) is 26.1 Å². The molecule has 2 aromatic heterocycles. The van der Waals surface area contributed by atoms with Crippen molar-refractivity contribution in [2.24, 2.45) is 5.73 Å². The lowest BCUT2D eigenvalue weighted by Crippen LogP contribution is -2.83. The molecule has 0 saturated heterocycles. The van der Waals surface area contributed by atoms with Gasteiger partial charge >= 0.3 is 0 Å². The number of benzene rings is 1. The molecular formula is C17H19N4O3+. The first-order valence-electron chi connectivity index (χ1n) is 7.69. The van der Waals surface area contributed by atoms with Gasteiger partial charge in [0.25, 0.3) is 5.56 Å². The van der Waals surface area contributed by atoms with Crippen LogP contribution in [-0.2, 0) is 17.9 Å². The number of quaternary nitrogens is 1. The molecule has 0 radical (unpaired) electrons. The molecule has 2 heterocycles. The number of carbonyl (C=O) groups excluding carboxylic acids is 1. The summed E-state index contributed by atoms with van der Waals surface area (Å²) in [6, 6.07) is 10.9. The monoisotopic (exact) mass is 327 g/mol. The summed E-state index contributed by atoms with van der Waals surface area (Å²) in [6.45, 7) is 2.24. The molecule has 1 aromatic carbocycles. The predicted octanol–water partition coefficient (Wildman–Crippen LogP) is 0.299. The first kappa shape index (κ1) is 15.9. The fourth-order valence-electron chi connectivity index (χ4n) is 2.64. The lowest BCUT2D eigenvalue weighted by molar-refractivity contribution is -0.710. The van der Waals surface area contributed by atoms with Crippen molar-refractivity contribution in [2.75, 3.05) is 0 Å². The Labute approximate surface area is 138 Å². The van der Waals surface area contributed by atoms with E-state index in [1.165, 1.54) is 4.57 Å². The van der Waals surface area contributed by atoms with Crippen molar-refractivity contribution in [1.29, 1.82) is 0 Å². The molecule has 24 heavy (non-hydrogen) atoms. The SMILES string of the molecule is C[C@H]([NH2+]Cc1nc2ccccc2c(=O)n1CC(N)=O)c1ccco1. The third kappa shape index (κ3) is 3.21. The van der Waals surface area contributed by atoms with E-state index in [0.717, 1.165) is 5.76 Å². The van der Waals surface area contributed by atoms with Crippen LogP contribution < -0.4 is 16.6 Å². The van der Waals surface area contributed by atoms with Crippen molar-refractivity contribution < 1.29 is 14.5 Å². The Balaban J connectivity index is 1.95. The van der Waals surface area contributed by atoms with Crippen LogP contribution in [0.1, 0.15) is 24.6 Å². The Kier molecular flexibility index (Phi) is 4.43. The smallest absolute Gasteiger partial charge is 0.262 e. The summed E-state index contributed by atoms with van der Waals surface area (Å²) in [5, 5.41) is 2.47. The fraction of sp³-hybridized carbons (Fsp3) is 0.235. The van der Waals surface area contributed by atoms with Gasteiger partial charge in [0.05, 0.1) is 17.2 Å². The zero-order valence-electron chi connectivity index (χ0n) is 13.3. The number of carbonyl (C=O) groups is 1. The summed E-state index contributed by atoms with van der Waals surface area (Å²) >= 11 is 0. The Bertz CT molecular complexity index is 915. The van der Waals surface area contributed by atoms with Gasteiger partial charge in [0.2, 0.25) is 5.91 Å². The van der Waals surface area contributed by atoms with Gasteiger partial charge in [-0.15, -0.1) is 0 Å². The summed E-state index contributed by atoms with van der Waals surface area (Å²) in [5.74, 6) is 0.769.